The molecule has 6 nitrogen and oxygen atoms in total. The highest BCUT2D eigenvalue weighted by Gasteiger charge is 2.15. The molecule has 3 N–H and O–H groups in total. The van der Waals surface area contributed by atoms with Crippen LogP contribution in [0.5, 0.6) is 0 Å². The lowest BCUT2D eigenvalue weighted by atomic mass is 9.96. The van der Waals surface area contributed by atoms with Gasteiger partial charge in [0.15, 0.2) is 5.78 Å². The third-order valence-electron chi connectivity index (χ3n) is 5.30. The number of aromatic amines is 2. The van der Waals surface area contributed by atoms with Crippen LogP contribution in [-0.4, -0.2) is 26.9 Å². The largest absolute Gasteiger partial charge is 0.358 e. The number of Topliss-reactive ketones (excluding diaryl/α,β-unsaturated/α-hetero) is 1. The summed E-state index contributed by atoms with van der Waals surface area (Å²) in [5, 5.41) is 10.6. The van der Waals surface area contributed by atoms with Gasteiger partial charge >= 0.3 is 0 Å². The number of ketones is 1. The molecule has 3 aromatic rings. The average molecular weight is 364 g/mol. The van der Waals surface area contributed by atoms with Gasteiger partial charge in [0, 0.05) is 30.1 Å². The molecule has 1 aliphatic carbocycles. The van der Waals surface area contributed by atoms with Crippen LogP contribution in [0.15, 0.2) is 24.3 Å². The Balaban J connectivity index is 1.51. The normalized spacial score (nSPS) is 14.4. The van der Waals surface area contributed by atoms with Gasteiger partial charge in [-0.2, -0.15) is 5.10 Å². The predicted molar refractivity (Wildman–Crippen MR) is 104 cm³/mol. The van der Waals surface area contributed by atoms with Crippen molar-refractivity contribution in [1.82, 2.24) is 20.5 Å². The molecule has 2 heterocycles. The van der Waals surface area contributed by atoms with E-state index in [1.54, 1.807) is 0 Å². The molecule has 0 radical (unpaired) electrons. The number of aryl methyl sites for hydroxylation is 2. The SMILES string of the molecule is CC(=O)c1cc(C(=O)NCc2ccc3[nH]c4c(c3c2)CCCCCC4)[nH]n1. The molecule has 1 amide bonds. The summed E-state index contributed by atoms with van der Waals surface area (Å²) in [5.41, 5.74) is 5.63. The molecule has 140 valence electrons. The van der Waals surface area contributed by atoms with Gasteiger partial charge < -0.3 is 10.3 Å². The summed E-state index contributed by atoms with van der Waals surface area (Å²) in [6.07, 6.45) is 7.33. The van der Waals surface area contributed by atoms with E-state index < -0.39 is 0 Å². The Hall–Kier alpha value is -2.89. The molecule has 27 heavy (non-hydrogen) atoms. The fourth-order valence-electron chi connectivity index (χ4n) is 3.81. The van der Waals surface area contributed by atoms with Crippen LogP contribution in [0.2, 0.25) is 0 Å². The summed E-state index contributed by atoms with van der Waals surface area (Å²) in [5.74, 6) is -0.431. The molecule has 0 aliphatic heterocycles. The number of hydrogen-bond donors (Lipinski definition) is 3. The monoisotopic (exact) mass is 364 g/mol. The number of nitrogens with one attached hydrogen (secondary N) is 3. The quantitative estimate of drug-likeness (QED) is 0.617. The highest BCUT2D eigenvalue weighted by atomic mass is 16.2. The van der Waals surface area contributed by atoms with E-state index in [2.05, 4.69) is 32.6 Å². The number of hydrogen-bond acceptors (Lipinski definition) is 3. The fourth-order valence-corrected chi connectivity index (χ4v) is 3.81. The van der Waals surface area contributed by atoms with Crippen LogP contribution in [-0.2, 0) is 19.4 Å². The molecular formula is C21H24N4O2. The number of carbonyl (C=O) groups is 2. The number of fused-ring (bicyclic) bond motifs is 3. The maximum atomic E-state index is 12.3. The molecule has 0 unspecified atom stereocenters. The van der Waals surface area contributed by atoms with Crippen LogP contribution in [0, 0.1) is 0 Å². The summed E-state index contributed by atoms with van der Waals surface area (Å²) in [4.78, 5) is 27.2. The topological polar surface area (TPSA) is 90.6 Å². The van der Waals surface area contributed by atoms with E-state index in [9.17, 15) is 9.59 Å². The Morgan fingerprint density at radius 2 is 1.93 bits per heavy atom. The van der Waals surface area contributed by atoms with E-state index in [0.29, 0.717) is 12.2 Å². The van der Waals surface area contributed by atoms with Crippen molar-refractivity contribution in [1.29, 1.82) is 0 Å². The number of amides is 1. The highest BCUT2D eigenvalue weighted by molar-refractivity contribution is 5.97. The van der Waals surface area contributed by atoms with Crippen LogP contribution in [0.3, 0.4) is 0 Å². The van der Waals surface area contributed by atoms with Gasteiger partial charge in [-0.1, -0.05) is 18.9 Å². The van der Waals surface area contributed by atoms with Crippen molar-refractivity contribution in [3.8, 4) is 0 Å². The minimum atomic E-state index is -0.264. The van der Waals surface area contributed by atoms with Crippen molar-refractivity contribution in [3.63, 3.8) is 0 Å². The molecule has 2 aromatic heterocycles. The molecule has 0 saturated heterocycles. The third-order valence-corrected chi connectivity index (χ3v) is 5.30. The van der Waals surface area contributed by atoms with Crippen molar-refractivity contribution in [2.75, 3.05) is 0 Å². The van der Waals surface area contributed by atoms with Crippen LogP contribution in [0.25, 0.3) is 10.9 Å². The van der Waals surface area contributed by atoms with Gasteiger partial charge in [-0.15, -0.1) is 0 Å². The number of rotatable bonds is 4. The number of nitrogens with zero attached hydrogens (tertiary/aromatic N) is 1. The van der Waals surface area contributed by atoms with Crippen molar-refractivity contribution in [3.05, 3.63) is 52.5 Å². The van der Waals surface area contributed by atoms with Gasteiger partial charge in [0.2, 0.25) is 0 Å². The van der Waals surface area contributed by atoms with Gasteiger partial charge in [-0.25, -0.2) is 0 Å². The lowest BCUT2D eigenvalue weighted by Gasteiger charge is -2.10. The standard InChI is InChI=1S/C21H24N4O2/c1-13(26)19-11-20(25-24-19)21(27)22-12-14-8-9-18-16(10-14)15-6-4-2-3-5-7-17(15)23-18/h8-11,23H,2-7,12H2,1H3,(H,22,27)(H,24,25). The molecule has 0 saturated carbocycles. The Bertz CT molecular complexity index is 999. The van der Waals surface area contributed by atoms with E-state index >= 15 is 0 Å². The number of H-pyrrole nitrogens is 2. The first kappa shape index (κ1) is 17.5. The van der Waals surface area contributed by atoms with Gasteiger partial charge in [-0.3, -0.25) is 14.7 Å². The third kappa shape index (κ3) is 3.65. The number of benzene rings is 1. The van der Waals surface area contributed by atoms with Gasteiger partial charge in [0.25, 0.3) is 5.91 Å². The van der Waals surface area contributed by atoms with Crippen LogP contribution < -0.4 is 5.32 Å². The second-order valence-electron chi connectivity index (χ2n) is 7.28. The molecule has 1 aromatic carbocycles. The Kier molecular flexibility index (Phi) is 4.79. The summed E-state index contributed by atoms with van der Waals surface area (Å²) in [7, 11) is 0. The van der Waals surface area contributed by atoms with Gasteiger partial charge in [0.1, 0.15) is 11.4 Å². The number of carbonyl (C=O) groups excluding carboxylic acids is 2. The fraction of sp³-hybridized carbons (Fsp3) is 0.381. The van der Waals surface area contributed by atoms with Crippen molar-refractivity contribution in [2.24, 2.45) is 0 Å². The van der Waals surface area contributed by atoms with E-state index in [0.717, 1.165) is 18.4 Å². The summed E-state index contributed by atoms with van der Waals surface area (Å²) < 4.78 is 0. The first-order chi connectivity index (χ1) is 13.1. The Morgan fingerprint density at radius 3 is 2.70 bits per heavy atom. The lowest BCUT2D eigenvalue weighted by Crippen LogP contribution is -2.23. The van der Waals surface area contributed by atoms with E-state index in [1.807, 2.05) is 6.07 Å². The Labute approximate surface area is 157 Å². The molecule has 0 spiro atoms. The summed E-state index contributed by atoms with van der Waals surface area (Å²) >= 11 is 0. The van der Waals surface area contributed by atoms with E-state index in [4.69, 9.17) is 0 Å². The van der Waals surface area contributed by atoms with Crippen LogP contribution >= 0.6 is 0 Å². The zero-order chi connectivity index (χ0) is 18.8. The minimum Gasteiger partial charge on any atom is -0.358 e. The zero-order valence-corrected chi connectivity index (χ0v) is 15.5. The molecule has 4 rings (SSSR count). The average Bonchev–Trinajstić information content (AvgIpc) is 3.25. The maximum Gasteiger partial charge on any atom is 0.269 e. The Morgan fingerprint density at radius 1 is 1.11 bits per heavy atom. The maximum absolute atomic E-state index is 12.3. The molecule has 0 atom stereocenters. The van der Waals surface area contributed by atoms with E-state index in [-0.39, 0.29) is 17.4 Å². The first-order valence-corrected chi connectivity index (χ1v) is 9.59. The zero-order valence-electron chi connectivity index (χ0n) is 15.5. The molecular weight excluding hydrogens is 340 g/mol. The summed E-state index contributed by atoms with van der Waals surface area (Å²) in [6, 6.07) is 7.81. The second-order valence-corrected chi connectivity index (χ2v) is 7.28. The van der Waals surface area contributed by atoms with Crippen molar-refractivity contribution >= 4 is 22.6 Å². The molecule has 0 fully saturated rings. The second kappa shape index (κ2) is 7.39. The highest BCUT2D eigenvalue weighted by Crippen LogP contribution is 2.28. The minimum absolute atomic E-state index is 0.167. The first-order valence-electron chi connectivity index (χ1n) is 9.59. The van der Waals surface area contributed by atoms with Crippen LogP contribution in [0.1, 0.15) is 70.4 Å². The molecule has 0 bridgehead atoms. The van der Waals surface area contributed by atoms with Crippen molar-refractivity contribution in [2.45, 2.75) is 52.0 Å². The smallest absolute Gasteiger partial charge is 0.269 e. The predicted octanol–water partition coefficient (Wildman–Crippen LogP) is 3.68. The number of aromatic nitrogens is 3. The van der Waals surface area contributed by atoms with Crippen LogP contribution in [0.4, 0.5) is 0 Å². The van der Waals surface area contributed by atoms with Gasteiger partial charge in [0.05, 0.1) is 0 Å². The lowest BCUT2D eigenvalue weighted by molar-refractivity contribution is 0.0945. The van der Waals surface area contributed by atoms with Gasteiger partial charge in [-0.05, 0) is 55.0 Å². The van der Waals surface area contributed by atoms with E-state index in [1.165, 1.54) is 60.8 Å². The summed E-state index contributed by atoms with van der Waals surface area (Å²) in [6.45, 7) is 1.86. The molecule has 6 heteroatoms. The van der Waals surface area contributed by atoms with Crippen molar-refractivity contribution < 1.29 is 9.59 Å². The molecule has 1 aliphatic rings.